The second-order valence-electron chi connectivity index (χ2n) is 10.5. The molecule has 2 fully saturated rings. The molecule has 13 heteroatoms. The van der Waals surface area contributed by atoms with E-state index >= 15 is 0 Å². The van der Waals surface area contributed by atoms with Crippen molar-refractivity contribution < 1.29 is 19.1 Å². The zero-order valence-electron chi connectivity index (χ0n) is 24.2. The van der Waals surface area contributed by atoms with Crippen LogP contribution in [0.25, 0.3) is 10.2 Å². The van der Waals surface area contributed by atoms with Gasteiger partial charge in [0.15, 0.2) is 0 Å². The standard InChI is InChI=1S/C31H32N8O4S/c1-3-14-37-19-27(40)38-24(15-23-12-13-32-30(35-23)43-2)29(41)36(17-22-10-7-11-25-28(22)34-20-44-25)18-26(38)39(37)31(42)33-16-21-8-5-4-6-9-21/h3-13,20,24,26H,1,14-19H2,2H3,(H,33,42)/t24-,26-/m0/s1. The third-order valence-corrected chi connectivity index (χ3v) is 8.54. The first-order chi connectivity index (χ1) is 21.5. The molecule has 44 heavy (non-hydrogen) atoms. The number of hydrogen-bond acceptors (Lipinski definition) is 9. The van der Waals surface area contributed by atoms with E-state index in [9.17, 15) is 14.4 Å². The van der Waals surface area contributed by atoms with Gasteiger partial charge in [-0.25, -0.2) is 29.8 Å². The quantitative estimate of drug-likeness (QED) is 0.286. The highest BCUT2D eigenvalue weighted by Crippen LogP contribution is 2.30. The van der Waals surface area contributed by atoms with E-state index in [1.807, 2.05) is 48.5 Å². The van der Waals surface area contributed by atoms with Gasteiger partial charge in [-0.2, -0.15) is 0 Å². The Morgan fingerprint density at radius 3 is 2.77 bits per heavy atom. The number of hydrazine groups is 1. The van der Waals surface area contributed by atoms with Crippen LogP contribution >= 0.6 is 11.3 Å². The number of fused-ring (bicyclic) bond motifs is 2. The minimum atomic E-state index is -0.911. The van der Waals surface area contributed by atoms with Gasteiger partial charge in [0.05, 0.1) is 41.6 Å². The molecule has 2 aromatic carbocycles. The van der Waals surface area contributed by atoms with Crippen molar-refractivity contribution in [1.82, 2.24) is 40.1 Å². The molecule has 2 saturated heterocycles. The van der Waals surface area contributed by atoms with E-state index in [1.54, 1.807) is 43.7 Å². The van der Waals surface area contributed by atoms with E-state index in [4.69, 9.17) is 4.74 Å². The molecule has 4 aromatic rings. The van der Waals surface area contributed by atoms with Crippen LogP contribution in [0.2, 0.25) is 0 Å². The minimum Gasteiger partial charge on any atom is -0.467 e. The van der Waals surface area contributed by atoms with E-state index in [2.05, 4.69) is 26.8 Å². The van der Waals surface area contributed by atoms with E-state index in [-0.39, 0.29) is 56.5 Å². The molecule has 1 N–H and O–H groups in total. The molecule has 6 rings (SSSR count). The second kappa shape index (κ2) is 12.8. The van der Waals surface area contributed by atoms with Crippen molar-refractivity contribution in [1.29, 1.82) is 0 Å². The van der Waals surface area contributed by atoms with Gasteiger partial charge in [0.1, 0.15) is 12.2 Å². The fraction of sp³-hybridized carbons (Fsp3) is 0.290. The van der Waals surface area contributed by atoms with Gasteiger partial charge in [-0.3, -0.25) is 9.59 Å². The van der Waals surface area contributed by atoms with Gasteiger partial charge >= 0.3 is 12.0 Å². The monoisotopic (exact) mass is 612 g/mol. The van der Waals surface area contributed by atoms with Crippen molar-refractivity contribution in [2.75, 3.05) is 26.7 Å². The number of urea groups is 1. The summed E-state index contributed by atoms with van der Waals surface area (Å²) in [4.78, 5) is 58.2. The van der Waals surface area contributed by atoms with Crippen LogP contribution in [-0.2, 0) is 29.1 Å². The summed E-state index contributed by atoms with van der Waals surface area (Å²) < 4.78 is 6.22. The number of amides is 4. The normalized spacial score (nSPS) is 18.8. The molecule has 0 saturated carbocycles. The lowest BCUT2D eigenvalue weighted by atomic mass is 10.0. The molecule has 0 radical (unpaired) electrons. The van der Waals surface area contributed by atoms with Crippen LogP contribution in [0, 0.1) is 0 Å². The van der Waals surface area contributed by atoms with Crippen molar-refractivity contribution in [2.24, 2.45) is 0 Å². The summed E-state index contributed by atoms with van der Waals surface area (Å²) in [7, 11) is 1.47. The van der Waals surface area contributed by atoms with Crippen LogP contribution in [0.1, 0.15) is 16.8 Å². The maximum atomic E-state index is 14.2. The van der Waals surface area contributed by atoms with E-state index in [0.29, 0.717) is 12.2 Å². The number of carbonyl (C=O) groups excluding carboxylic acids is 3. The number of piperazine rings is 1. The summed E-state index contributed by atoms with van der Waals surface area (Å²) in [5.74, 6) is -0.495. The van der Waals surface area contributed by atoms with Gasteiger partial charge < -0.3 is 19.9 Å². The average molecular weight is 613 g/mol. The summed E-state index contributed by atoms with van der Waals surface area (Å²) >= 11 is 1.53. The van der Waals surface area contributed by atoms with Gasteiger partial charge in [0.2, 0.25) is 11.8 Å². The zero-order valence-corrected chi connectivity index (χ0v) is 25.0. The number of benzene rings is 2. The summed E-state index contributed by atoms with van der Waals surface area (Å²) in [5, 5.41) is 6.24. The maximum Gasteiger partial charge on any atom is 0.334 e. The lowest BCUT2D eigenvalue weighted by molar-refractivity contribution is -0.189. The molecule has 0 aliphatic carbocycles. The molecule has 0 unspecified atom stereocenters. The van der Waals surface area contributed by atoms with Gasteiger partial charge in [-0.05, 0) is 23.3 Å². The molecule has 0 bridgehead atoms. The molecule has 4 heterocycles. The van der Waals surface area contributed by atoms with Crippen LogP contribution in [-0.4, -0.2) is 91.6 Å². The number of rotatable bonds is 9. The molecule has 2 aliphatic heterocycles. The Morgan fingerprint density at radius 2 is 1.98 bits per heavy atom. The number of nitrogens with one attached hydrogen (secondary N) is 1. The summed E-state index contributed by atoms with van der Waals surface area (Å²) in [6.07, 6.45) is 2.56. The lowest BCUT2D eigenvalue weighted by Crippen LogP contribution is -2.76. The number of para-hydroxylation sites is 1. The minimum absolute atomic E-state index is 0.0870. The van der Waals surface area contributed by atoms with Gasteiger partial charge in [0, 0.05) is 32.3 Å². The molecule has 226 valence electrons. The Hall–Kier alpha value is -4.88. The summed E-state index contributed by atoms with van der Waals surface area (Å²) in [6, 6.07) is 16.1. The molecular weight excluding hydrogens is 580 g/mol. The number of nitrogens with zero attached hydrogens (tertiary/aromatic N) is 7. The van der Waals surface area contributed by atoms with Crippen LogP contribution in [0.5, 0.6) is 6.01 Å². The third-order valence-electron chi connectivity index (χ3n) is 7.75. The molecular formula is C31H32N8O4S. The van der Waals surface area contributed by atoms with Crippen LogP contribution in [0.4, 0.5) is 4.79 Å². The number of carbonyl (C=O) groups is 3. The van der Waals surface area contributed by atoms with Gasteiger partial charge in [-0.1, -0.05) is 48.5 Å². The van der Waals surface area contributed by atoms with Gasteiger partial charge in [0.25, 0.3) is 0 Å². The molecule has 2 aliphatic rings. The molecule has 0 spiro atoms. The first kappa shape index (κ1) is 29.2. The lowest BCUT2D eigenvalue weighted by Gasteiger charge is -2.55. The zero-order chi connectivity index (χ0) is 30.6. The number of thiazole rings is 1. The third kappa shape index (κ3) is 5.83. The molecule has 2 atom stereocenters. The first-order valence-corrected chi connectivity index (χ1v) is 15.1. The van der Waals surface area contributed by atoms with E-state index in [1.165, 1.54) is 18.4 Å². The van der Waals surface area contributed by atoms with Crippen molar-refractivity contribution in [3.05, 3.63) is 95.8 Å². The van der Waals surface area contributed by atoms with Crippen molar-refractivity contribution >= 4 is 39.4 Å². The summed E-state index contributed by atoms with van der Waals surface area (Å²) in [5.41, 5.74) is 4.98. The predicted octanol–water partition coefficient (Wildman–Crippen LogP) is 2.83. The van der Waals surface area contributed by atoms with Crippen LogP contribution < -0.4 is 10.1 Å². The Bertz CT molecular complexity index is 1680. The number of ether oxygens (including phenoxy) is 1. The highest BCUT2D eigenvalue weighted by atomic mass is 32.1. The Balaban J connectivity index is 1.37. The number of hydrogen-bond donors (Lipinski definition) is 1. The fourth-order valence-electron chi connectivity index (χ4n) is 5.76. The fourth-order valence-corrected chi connectivity index (χ4v) is 6.49. The van der Waals surface area contributed by atoms with E-state index < -0.39 is 12.2 Å². The largest absolute Gasteiger partial charge is 0.467 e. The van der Waals surface area contributed by atoms with Crippen molar-refractivity contribution in [2.45, 2.75) is 31.7 Å². The Labute approximate surface area is 258 Å². The number of methoxy groups -OCH3 is 1. The van der Waals surface area contributed by atoms with Crippen molar-refractivity contribution in [3.8, 4) is 6.01 Å². The van der Waals surface area contributed by atoms with E-state index in [0.717, 1.165) is 21.3 Å². The van der Waals surface area contributed by atoms with Crippen molar-refractivity contribution in [3.63, 3.8) is 0 Å². The second-order valence-corrected chi connectivity index (χ2v) is 11.4. The molecule has 12 nitrogen and oxygen atoms in total. The SMILES string of the molecule is C=CCN1CC(=O)N2[C@@H](Cc3ccnc(OC)n3)C(=O)N(Cc3cccc4scnc34)C[C@@H]2N1C(=O)NCc1ccccc1. The highest BCUT2D eigenvalue weighted by Gasteiger charge is 2.51. The van der Waals surface area contributed by atoms with Crippen LogP contribution in [0.15, 0.2) is 79.0 Å². The Kier molecular flexibility index (Phi) is 8.48. The number of aromatic nitrogens is 3. The Morgan fingerprint density at radius 1 is 1.14 bits per heavy atom. The predicted molar refractivity (Wildman–Crippen MR) is 164 cm³/mol. The first-order valence-electron chi connectivity index (χ1n) is 14.2. The molecule has 2 aromatic heterocycles. The summed E-state index contributed by atoms with van der Waals surface area (Å²) in [6.45, 7) is 4.71. The maximum absolute atomic E-state index is 14.2. The smallest absolute Gasteiger partial charge is 0.334 e. The highest BCUT2D eigenvalue weighted by molar-refractivity contribution is 7.16. The molecule has 4 amide bonds. The topological polar surface area (TPSA) is 124 Å². The van der Waals surface area contributed by atoms with Crippen LogP contribution in [0.3, 0.4) is 0 Å². The van der Waals surface area contributed by atoms with Gasteiger partial charge in [-0.15, -0.1) is 17.9 Å². The average Bonchev–Trinajstić information content (AvgIpc) is 3.53.